The number of hydrogen-bond acceptors (Lipinski definition) is 5. The maximum absolute atomic E-state index is 13.8. The average molecular weight is 395 g/mol. The fourth-order valence-corrected chi connectivity index (χ4v) is 3.10. The summed E-state index contributed by atoms with van der Waals surface area (Å²) in [5.74, 6) is -0.879. The quantitative estimate of drug-likeness (QED) is 0.862. The number of aryl methyl sites for hydroxylation is 1. The molecule has 1 aliphatic heterocycles. The maximum Gasteiger partial charge on any atom is 0.292 e. The van der Waals surface area contributed by atoms with Gasteiger partial charge in [0.05, 0.1) is 17.4 Å². The van der Waals surface area contributed by atoms with E-state index < -0.39 is 11.9 Å². The maximum atomic E-state index is 13.8. The van der Waals surface area contributed by atoms with Crippen molar-refractivity contribution in [1.29, 1.82) is 0 Å². The lowest BCUT2D eigenvalue weighted by molar-refractivity contribution is -0.121. The van der Waals surface area contributed by atoms with Crippen LogP contribution in [0.25, 0.3) is 0 Å². The average Bonchev–Trinajstić information content (AvgIpc) is 3.10. The van der Waals surface area contributed by atoms with Gasteiger partial charge < -0.3 is 14.7 Å². The number of hydrogen-bond donors (Lipinski definition) is 1. The molecule has 3 rings (SSSR count). The lowest BCUT2D eigenvalue weighted by Gasteiger charge is -2.37. The summed E-state index contributed by atoms with van der Waals surface area (Å²) in [6.07, 6.45) is 0. The number of amides is 2. The number of piperazine rings is 1. The molecular formula is C18H20ClFN4O3. The Morgan fingerprint density at radius 1 is 1.26 bits per heavy atom. The predicted molar refractivity (Wildman–Crippen MR) is 98.2 cm³/mol. The molecule has 0 spiro atoms. The highest BCUT2D eigenvalue weighted by Gasteiger charge is 2.29. The number of carbonyl (C=O) groups is 2. The summed E-state index contributed by atoms with van der Waals surface area (Å²) in [6, 6.07) is 5.12. The van der Waals surface area contributed by atoms with E-state index in [1.807, 2.05) is 4.90 Å². The van der Waals surface area contributed by atoms with E-state index in [4.69, 9.17) is 16.1 Å². The molecule has 1 aromatic carbocycles. The molecule has 0 saturated carbocycles. The highest BCUT2D eigenvalue weighted by atomic mass is 35.5. The Kier molecular flexibility index (Phi) is 5.76. The Labute approximate surface area is 161 Å². The van der Waals surface area contributed by atoms with Crippen molar-refractivity contribution in [2.75, 3.05) is 31.5 Å². The van der Waals surface area contributed by atoms with Crippen LogP contribution in [0.3, 0.4) is 0 Å². The van der Waals surface area contributed by atoms with Gasteiger partial charge in [-0.25, -0.2) is 4.39 Å². The highest BCUT2D eigenvalue weighted by molar-refractivity contribution is 6.30. The smallest absolute Gasteiger partial charge is 0.292 e. The summed E-state index contributed by atoms with van der Waals surface area (Å²) in [5.41, 5.74) is 0.698. The number of anilines is 1. The topological polar surface area (TPSA) is 78.7 Å². The van der Waals surface area contributed by atoms with Gasteiger partial charge in [0.25, 0.3) is 5.91 Å². The fraction of sp³-hybridized carbons (Fsp3) is 0.389. The van der Waals surface area contributed by atoms with E-state index in [1.165, 1.54) is 18.2 Å². The van der Waals surface area contributed by atoms with Gasteiger partial charge in [0.15, 0.2) is 0 Å². The molecule has 144 valence electrons. The molecule has 1 aromatic heterocycles. The predicted octanol–water partition coefficient (Wildman–Crippen LogP) is 2.56. The first-order valence-electron chi connectivity index (χ1n) is 8.57. The van der Waals surface area contributed by atoms with Gasteiger partial charge in [0.2, 0.25) is 11.7 Å². The Morgan fingerprint density at radius 2 is 1.96 bits per heavy atom. The zero-order valence-corrected chi connectivity index (χ0v) is 15.8. The van der Waals surface area contributed by atoms with Crippen molar-refractivity contribution >= 4 is 29.1 Å². The second-order valence-electron chi connectivity index (χ2n) is 6.45. The molecule has 7 nitrogen and oxygen atoms in total. The van der Waals surface area contributed by atoms with Gasteiger partial charge in [-0.15, -0.1) is 0 Å². The Balaban J connectivity index is 1.56. The van der Waals surface area contributed by atoms with Crippen LogP contribution in [-0.2, 0) is 4.79 Å². The van der Waals surface area contributed by atoms with E-state index in [0.29, 0.717) is 36.9 Å². The number of benzene rings is 1. The minimum absolute atomic E-state index is 0.0499. The van der Waals surface area contributed by atoms with Crippen molar-refractivity contribution in [2.45, 2.75) is 19.9 Å². The molecule has 0 radical (unpaired) electrons. The molecule has 1 fully saturated rings. The minimum Gasteiger partial charge on any atom is -0.351 e. The third-order valence-corrected chi connectivity index (χ3v) is 4.79. The number of halogens is 2. The van der Waals surface area contributed by atoms with Gasteiger partial charge in [0.1, 0.15) is 5.82 Å². The van der Waals surface area contributed by atoms with Crippen LogP contribution < -0.4 is 5.32 Å². The Morgan fingerprint density at radius 3 is 2.59 bits per heavy atom. The molecule has 2 heterocycles. The second-order valence-corrected chi connectivity index (χ2v) is 6.89. The van der Waals surface area contributed by atoms with Gasteiger partial charge in [-0.05, 0) is 32.0 Å². The summed E-state index contributed by atoms with van der Waals surface area (Å²) >= 11 is 5.85. The van der Waals surface area contributed by atoms with Crippen LogP contribution in [0, 0.1) is 12.7 Å². The standard InChI is InChI=1S/C18H20ClFN4O3/c1-11-9-16(27-22-11)18(26)24-7-5-23(6-8-24)12(2)17(25)21-15-10-13(19)3-4-14(15)20/h3-4,9-10,12H,5-8H2,1-2H3,(H,21,25). The lowest BCUT2D eigenvalue weighted by atomic mass is 10.2. The molecule has 1 N–H and O–H groups in total. The SMILES string of the molecule is Cc1cc(C(=O)N2CCN(C(C)C(=O)Nc3cc(Cl)ccc3F)CC2)on1. The summed E-state index contributed by atoms with van der Waals surface area (Å²) in [4.78, 5) is 28.4. The molecule has 0 aliphatic carbocycles. The fourth-order valence-electron chi connectivity index (χ4n) is 2.93. The number of aromatic nitrogens is 1. The molecular weight excluding hydrogens is 375 g/mol. The third kappa shape index (κ3) is 4.45. The van der Waals surface area contributed by atoms with Gasteiger partial charge >= 0.3 is 0 Å². The largest absolute Gasteiger partial charge is 0.351 e. The third-order valence-electron chi connectivity index (χ3n) is 4.55. The molecule has 1 saturated heterocycles. The summed E-state index contributed by atoms with van der Waals surface area (Å²) in [6.45, 7) is 5.46. The molecule has 2 aromatic rings. The van der Waals surface area contributed by atoms with Gasteiger partial charge in [0, 0.05) is 37.3 Å². The van der Waals surface area contributed by atoms with Crippen LogP contribution >= 0.6 is 11.6 Å². The minimum atomic E-state index is -0.544. The van der Waals surface area contributed by atoms with Crippen molar-refractivity contribution in [2.24, 2.45) is 0 Å². The highest BCUT2D eigenvalue weighted by Crippen LogP contribution is 2.20. The van der Waals surface area contributed by atoms with E-state index >= 15 is 0 Å². The molecule has 1 unspecified atom stereocenters. The van der Waals surface area contributed by atoms with E-state index in [1.54, 1.807) is 24.8 Å². The van der Waals surface area contributed by atoms with E-state index in [2.05, 4.69) is 10.5 Å². The zero-order valence-electron chi connectivity index (χ0n) is 15.0. The zero-order chi connectivity index (χ0) is 19.6. The monoisotopic (exact) mass is 394 g/mol. The second kappa shape index (κ2) is 8.06. The van der Waals surface area contributed by atoms with Crippen LogP contribution in [0.5, 0.6) is 0 Å². The van der Waals surface area contributed by atoms with Crippen molar-refractivity contribution < 1.29 is 18.5 Å². The Bertz CT molecular complexity index is 849. The first kappa shape index (κ1) is 19.3. The first-order valence-corrected chi connectivity index (χ1v) is 8.95. The lowest BCUT2D eigenvalue weighted by Crippen LogP contribution is -2.54. The summed E-state index contributed by atoms with van der Waals surface area (Å²) in [7, 11) is 0. The summed E-state index contributed by atoms with van der Waals surface area (Å²) < 4.78 is 18.8. The summed E-state index contributed by atoms with van der Waals surface area (Å²) in [5, 5.41) is 6.63. The van der Waals surface area contributed by atoms with Crippen LogP contribution in [0.4, 0.5) is 10.1 Å². The normalized spacial score (nSPS) is 16.2. The van der Waals surface area contributed by atoms with Crippen molar-refractivity contribution in [3.8, 4) is 0 Å². The number of nitrogens with one attached hydrogen (secondary N) is 1. The van der Waals surface area contributed by atoms with Crippen LogP contribution in [-0.4, -0.2) is 59.0 Å². The first-order chi connectivity index (χ1) is 12.8. The van der Waals surface area contributed by atoms with Crippen LogP contribution in [0.2, 0.25) is 5.02 Å². The van der Waals surface area contributed by atoms with E-state index in [-0.39, 0.29) is 23.3 Å². The van der Waals surface area contributed by atoms with E-state index in [9.17, 15) is 14.0 Å². The molecule has 1 aliphatic rings. The molecule has 27 heavy (non-hydrogen) atoms. The molecule has 1 atom stereocenters. The van der Waals surface area contributed by atoms with Crippen LogP contribution in [0.1, 0.15) is 23.2 Å². The molecule has 2 amide bonds. The van der Waals surface area contributed by atoms with Gasteiger partial charge in [-0.1, -0.05) is 16.8 Å². The molecule has 9 heteroatoms. The molecule has 0 bridgehead atoms. The van der Waals surface area contributed by atoms with Crippen molar-refractivity contribution in [3.05, 3.63) is 46.6 Å². The van der Waals surface area contributed by atoms with Gasteiger partial charge in [-0.3, -0.25) is 14.5 Å². The number of rotatable bonds is 4. The van der Waals surface area contributed by atoms with Crippen molar-refractivity contribution in [3.63, 3.8) is 0 Å². The van der Waals surface area contributed by atoms with Crippen LogP contribution in [0.15, 0.2) is 28.8 Å². The van der Waals surface area contributed by atoms with Gasteiger partial charge in [-0.2, -0.15) is 0 Å². The van der Waals surface area contributed by atoms with Crippen molar-refractivity contribution in [1.82, 2.24) is 15.0 Å². The number of nitrogens with zero attached hydrogens (tertiary/aromatic N) is 3. The number of carbonyl (C=O) groups excluding carboxylic acids is 2. The van der Waals surface area contributed by atoms with E-state index in [0.717, 1.165) is 0 Å². The Hall–Kier alpha value is -2.45.